The van der Waals surface area contributed by atoms with Crippen molar-refractivity contribution in [3.63, 3.8) is 0 Å². The molecule has 0 saturated heterocycles. The fourth-order valence-corrected chi connectivity index (χ4v) is 2.26. The molecular formula is C20H22N2O6. The number of ether oxygens (including phenoxy) is 3. The molecule has 1 atom stereocenters. The van der Waals surface area contributed by atoms with Gasteiger partial charge < -0.3 is 19.5 Å². The molecule has 0 saturated carbocycles. The summed E-state index contributed by atoms with van der Waals surface area (Å²) < 4.78 is 15.7. The van der Waals surface area contributed by atoms with Crippen LogP contribution < -0.4 is 20.1 Å². The SMILES string of the molecule is CCNC(=O)NC(=O)[C@@H](OC(=O)COc1ccc(OC)cc1)c1ccccc1. The Bertz CT molecular complexity index is 792. The summed E-state index contributed by atoms with van der Waals surface area (Å²) in [6.45, 7) is 1.67. The molecule has 0 radical (unpaired) electrons. The monoisotopic (exact) mass is 386 g/mol. The summed E-state index contributed by atoms with van der Waals surface area (Å²) >= 11 is 0. The third kappa shape index (κ3) is 6.31. The maximum atomic E-state index is 12.4. The fraction of sp³-hybridized carbons (Fsp3) is 0.250. The number of benzene rings is 2. The van der Waals surface area contributed by atoms with Crippen LogP contribution in [0, 0.1) is 0 Å². The lowest BCUT2D eigenvalue weighted by atomic mass is 10.1. The zero-order valence-corrected chi connectivity index (χ0v) is 15.6. The second kappa shape index (κ2) is 10.6. The Morgan fingerprint density at radius 2 is 1.61 bits per heavy atom. The maximum absolute atomic E-state index is 12.4. The standard InChI is InChI=1S/C20H22N2O6/c1-3-21-20(25)22-19(24)18(14-7-5-4-6-8-14)28-17(23)13-27-16-11-9-15(26-2)10-12-16/h4-12,18H,3,13H2,1-2H3,(H2,21,22,24,25)/t18-/m0/s1. The van der Waals surface area contributed by atoms with E-state index in [0.717, 1.165) is 0 Å². The van der Waals surface area contributed by atoms with Crippen LogP contribution in [-0.4, -0.2) is 38.2 Å². The minimum Gasteiger partial charge on any atom is -0.497 e. The minimum atomic E-state index is -1.28. The number of nitrogens with one attached hydrogen (secondary N) is 2. The largest absolute Gasteiger partial charge is 0.497 e. The van der Waals surface area contributed by atoms with Gasteiger partial charge in [0, 0.05) is 12.1 Å². The summed E-state index contributed by atoms with van der Waals surface area (Å²) in [6.07, 6.45) is -1.28. The van der Waals surface area contributed by atoms with E-state index in [0.29, 0.717) is 23.6 Å². The van der Waals surface area contributed by atoms with Crippen LogP contribution in [-0.2, 0) is 14.3 Å². The summed E-state index contributed by atoms with van der Waals surface area (Å²) in [4.78, 5) is 36.2. The van der Waals surface area contributed by atoms with Gasteiger partial charge in [-0.25, -0.2) is 9.59 Å². The Morgan fingerprint density at radius 3 is 2.21 bits per heavy atom. The molecule has 2 aromatic carbocycles. The molecule has 0 bridgehead atoms. The second-order valence-electron chi connectivity index (χ2n) is 5.59. The molecule has 0 unspecified atom stereocenters. The van der Waals surface area contributed by atoms with Crippen LogP contribution in [0.2, 0.25) is 0 Å². The van der Waals surface area contributed by atoms with Crippen LogP contribution in [0.1, 0.15) is 18.6 Å². The highest BCUT2D eigenvalue weighted by molar-refractivity contribution is 5.97. The van der Waals surface area contributed by atoms with Crippen LogP contribution in [0.25, 0.3) is 0 Å². The molecule has 8 heteroatoms. The molecule has 2 rings (SSSR count). The number of imide groups is 1. The summed E-state index contributed by atoms with van der Waals surface area (Å²) in [5, 5.41) is 4.60. The van der Waals surface area contributed by atoms with E-state index < -0.39 is 30.6 Å². The smallest absolute Gasteiger partial charge is 0.345 e. The number of amides is 3. The van der Waals surface area contributed by atoms with Crippen molar-refractivity contribution in [1.82, 2.24) is 10.6 Å². The Kier molecular flexibility index (Phi) is 7.83. The first-order valence-corrected chi connectivity index (χ1v) is 8.63. The number of carbonyl (C=O) groups excluding carboxylic acids is 3. The van der Waals surface area contributed by atoms with E-state index >= 15 is 0 Å². The van der Waals surface area contributed by atoms with Crippen molar-refractivity contribution in [2.75, 3.05) is 20.3 Å². The number of hydrogen-bond donors (Lipinski definition) is 2. The number of esters is 1. The van der Waals surface area contributed by atoms with Gasteiger partial charge in [0.1, 0.15) is 11.5 Å². The van der Waals surface area contributed by atoms with Crippen molar-refractivity contribution in [2.45, 2.75) is 13.0 Å². The van der Waals surface area contributed by atoms with Gasteiger partial charge >= 0.3 is 12.0 Å². The quantitative estimate of drug-likeness (QED) is 0.675. The fourth-order valence-electron chi connectivity index (χ4n) is 2.26. The Balaban J connectivity index is 2.01. The topological polar surface area (TPSA) is 103 Å². The van der Waals surface area contributed by atoms with E-state index in [1.165, 1.54) is 0 Å². The third-order valence-electron chi connectivity index (χ3n) is 3.58. The van der Waals surface area contributed by atoms with E-state index in [9.17, 15) is 14.4 Å². The van der Waals surface area contributed by atoms with Crippen LogP contribution in [0.5, 0.6) is 11.5 Å². The van der Waals surface area contributed by atoms with Gasteiger partial charge in [0.05, 0.1) is 7.11 Å². The number of urea groups is 1. The number of carbonyl (C=O) groups is 3. The maximum Gasteiger partial charge on any atom is 0.345 e. The average molecular weight is 386 g/mol. The van der Waals surface area contributed by atoms with E-state index in [2.05, 4.69) is 10.6 Å². The predicted octanol–water partition coefficient (Wildman–Crippen LogP) is 2.20. The van der Waals surface area contributed by atoms with Crippen molar-refractivity contribution >= 4 is 17.9 Å². The predicted molar refractivity (Wildman–Crippen MR) is 101 cm³/mol. The molecule has 0 aromatic heterocycles. The molecule has 0 heterocycles. The van der Waals surface area contributed by atoms with E-state index in [1.807, 2.05) is 0 Å². The van der Waals surface area contributed by atoms with Gasteiger partial charge in [-0.2, -0.15) is 0 Å². The van der Waals surface area contributed by atoms with Crippen LogP contribution in [0.3, 0.4) is 0 Å². The van der Waals surface area contributed by atoms with Crippen molar-refractivity contribution in [1.29, 1.82) is 0 Å². The van der Waals surface area contributed by atoms with Crippen molar-refractivity contribution < 1.29 is 28.6 Å². The molecule has 2 aromatic rings. The molecule has 3 amide bonds. The highest BCUT2D eigenvalue weighted by Gasteiger charge is 2.26. The molecule has 8 nitrogen and oxygen atoms in total. The van der Waals surface area contributed by atoms with E-state index in [1.54, 1.807) is 68.6 Å². The van der Waals surface area contributed by atoms with Crippen molar-refractivity contribution in [2.24, 2.45) is 0 Å². The van der Waals surface area contributed by atoms with Gasteiger partial charge in [-0.1, -0.05) is 30.3 Å². The Hall–Kier alpha value is -3.55. The van der Waals surface area contributed by atoms with Crippen molar-refractivity contribution in [3.8, 4) is 11.5 Å². The molecule has 0 aliphatic rings. The van der Waals surface area contributed by atoms with Gasteiger partial charge in [0.25, 0.3) is 5.91 Å². The molecule has 28 heavy (non-hydrogen) atoms. The highest BCUT2D eigenvalue weighted by atomic mass is 16.6. The Labute approximate surface area is 162 Å². The zero-order valence-electron chi connectivity index (χ0n) is 15.6. The Morgan fingerprint density at radius 1 is 0.964 bits per heavy atom. The first-order valence-electron chi connectivity index (χ1n) is 8.63. The number of hydrogen-bond acceptors (Lipinski definition) is 6. The highest BCUT2D eigenvalue weighted by Crippen LogP contribution is 2.19. The lowest BCUT2D eigenvalue weighted by molar-refractivity contribution is -0.158. The van der Waals surface area contributed by atoms with Gasteiger partial charge in [-0.3, -0.25) is 10.1 Å². The lowest BCUT2D eigenvalue weighted by Crippen LogP contribution is -2.42. The van der Waals surface area contributed by atoms with Gasteiger partial charge in [-0.05, 0) is 31.2 Å². The summed E-state index contributed by atoms with van der Waals surface area (Å²) in [6, 6.07) is 14.4. The average Bonchev–Trinajstić information content (AvgIpc) is 2.71. The zero-order chi connectivity index (χ0) is 20.4. The van der Waals surface area contributed by atoms with Gasteiger partial charge in [0.2, 0.25) is 6.10 Å². The third-order valence-corrected chi connectivity index (χ3v) is 3.58. The summed E-state index contributed by atoms with van der Waals surface area (Å²) in [5.41, 5.74) is 0.432. The first-order chi connectivity index (χ1) is 13.5. The lowest BCUT2D eigenvalue weighted by Gasteiger charge is -2.18. The number of methoxy groups -OCH3 is 1. The van der Waals surface area contributed by atoms with E-state index in [-0.39, 0.29) is 0 Å². The van der Waals surface area contributed by atoms with E-state index in [4.69, 9.17) is 14.2 Å². The minimum absolute atomic E-state index is 0.352. The second-order valence-corrected chi connectivity index (χ2v) is 5.59. The van der Waals surface area contributed by atoms with Gasteiger partial charge in [0.15, 0.2) is 6.61 Å². The molecule has 148 valence electrons. The number of rotatable bonds is 8. The van der Waals surface area contributed by atoms with Crippen LogP contribution in [0.15, 0.2) is 54.6 Å². The van der Waals surface area contributed by atoms with Gasteiger partial charge in [-0.15, -0.1) is 0 Å². The molecule has 0 aliphatic carbocycles. The summed E-state index contributed by atoms with van der Waals surface area (Å²) in [5.74, 6) is -0.410. The normalized spacial score (nSPS) is 11.1. The molecule has 0 fully saturated rings. The summed E-state index contributed by atoms with van der Waals surface area (Å²) in [7, 11) is 1.54. The first kappa shape index (κ1) is 20.8. The van der Waals surface area contributed by atoms with Crippen molar-refractivity contribution in [3.05, 3.63) is 60.2 Å². The van der Waals surface area contributed by atoms with Crippen LogP contribution >= 0.6 is 0 Å². The van der Waals surface area contributed by atoms with Crippen LogP contribution in [0.4, 0.5) is 4.79 Å². The molecule has 0 spiro atoms. The molecular weight excluding hydrogens is 364 g/mol. The molecule has 2 N–H and O–H groups in total. The molecule has 0 aliphatic heterocycles.